The van der Waals surface area contributed by atoms with Gasteiger partial charge in [0.2, 0.25) is 0 Å². The van der Waals surface area contributed by atoms with E-state index in [1.165, 1.54) is 11.3 Å². The fourth-order valence-corrected chi connectivity index (χ4v) is 4.21. The molecule has 4 rings (SSSR count). The molecule has 2 aromatic heterocycles. The van der Waals surface area contributed by atoms with Crippen molar-refractivity contribution in [3.05, 3.63) is 40.6 Å². The van der Waals surface area contributed by atoms with Gasteiger partial charge in [0, 0.05) is 17.5 Å². The number of hydrogen-bond donors (Lipinski definition) is 2. The van der Waals surface area contributed by atoms with E-state index in [1.54, 1.807) is 11.3 Å². The number of aromatic amines is 1. The van der Waals surface area contributed by atoms with Crippen molar-refractivity contribution >= 4 is 34.1 Å². The molecule has 1 saturated heterocycles. The van der Waals surface area contributed by atoms with E-state index < -0.39 is 0 Å². The first-order valence-corrected chi connectivity index (χ1v) is 9.59. The van der Waals surface area contributed by atoms with Crippen LogP contribution in [0.5, 0.6) is 0 Å². The third-order valence-corrected chi connectivity index (χ3v) is 5.72. The van der Waals surface area contributed by atoms with Crippen LogP contribution in [0.15, 0.2) is 35.7 Å². The van der Waals surface area contributed by atoms with Crippen molar-refractivity contribution in [1.82, 2.24) is 20.3 Å². The number of para-hydroxylation sites is 1. The van der Waals surface area contributed by atoms with Crippen LogP contribution in [-0.4, -0.2) is 38.9 Å². The highest BCUT2D eigenvalue weighted by atomic mass is 32.1. The third kappa shape index (κ3) is 3.51. The lowest BCUT2D eigenvalue weighted by atomic mass is 9.98. The minimum Gasteiger partial charge on any atom is -0.322 e. The van der Waals surface area contributed by atoms with Crippen molar-refractivity contribution in [3.63, 3.8) is 0 Å². The average molecular weight is 355 g/mol. The van der Waals surface area contributed by atoms with Crippen LogP contribution in [0, 0.1) is 0 Å². The maximum atomic E-state index is 12.9. The molecule has 3 heterocycles. The van der Waals surface area contributed by atoms with Gasteiger partial charge in [-0.25, -0.2) is 4.79 Å². The zero-order valence-electron chi connectivity index (χ0n) is 13.9. The van der Waals surface area contributed by atoms with Crippen LogP contribution < -0.4 is 5.32 Å². The Hall–Kier alpha value is -2.41. The second-order valence-electron chi connectivity index (χ2n) is 6.39. The quantitative estimate of drug-likeness (QED) is 0.742. The van der Waals surface area contributed by atoms with E-state index in [0.717, 1.165) is 37.7 Å². The van der Waals surface area contributed by atoms with Crippen LogP contribution in [0.1, 0.15) is 30.6 Å². The smallest absolute Gasteiger partial charge is 0.322 e. The second-order valence-corrected chi connectivity index (χ2v) is 7.42. The number of likely N-dealkylation sites (tertiary alicyclic amines) is 1. The third-order valence-electron chi connectivity index (χ3n) is 4.78. The topological polar surface area (TPSA) is 73.9 Å². The summed E-state index contributed by atoms with van der Waals surface area (Å²) < 4.78 is 0. The molecule has 1 unspecified atom stereocenters. The number of carbonyl (C=O) groups excluding carboxylic acids is 1. The average Bonchev–Trinajstić information content (AvgIpc) is 3.32. The van der Waals surface area contributed by atoms with Crippen molar-refractivity contribution in [2.45, 2.75) is 38.1 Å². The van der Waals surface area contributed by atoms with Crippen molar-refractivity contribution in [1.29, 1.82) is 0 Å². The molecule has 0 radical (unpaired) electrons. The number of piperidine rings is 1. The Morgan fingerprint density at radius 2 is 2.24 bits per heavy atom. The van der Waals surface area contributed by atoms with Gasteiger partial charge < -0.3 is 10.2 Å². The van der Waals surface area contributed by atoms with Crippen molar-refractivity contribution in [2.24, 2.45) is 0 Å². The van der Waals surface area contributed by atoms with Crippen LogP contribution in [0.4, 0.5) is 10.5 Å². The molecule has 1 aromatic carbocycles. The van der Waals surface area contributed by atoms with Crippen LogP contribution in [0.2, 0.25) is 0 Å². The molecular weight excluding hydrogens is 334 g/mol. The number of fused-ring (bicyclic) bond motifs is 1. The largest absolute Gasteiger partial charge is 0.322 e. The van der Waals surface area contributed by atoms with Gasteiger partial charge in [0.15, 0.2) is 0 Å². The summed E-state index contributed by atoms with van der Waals surface area (Å²) in [6, 6.07) is 10.1. The minimum atomic E-state index is -0.0358. The Kier molecular flexibility index (Phi) is 4.65. The summed E-state index contributed by atoms with van der Waals surface area (Å²) in [7, 11) is 0. The second kappa shape index (κ2) is 7.23. The molecular formula is C18H21N5OS. The normalized spacial score (nSPS) is 17.8. The minimum absolute atomic E-state index is 0.0358. The number of thiophene rings is 1. The Morgan fingerprint density at radius 1 is 1.28 bits per heavy atom. The van der Waals surface area contributed by atoms with Gasteiger partial charge >= 0.3 is 6.03 Å². The number of H-pyrrole nitrogens is 1. The lowest BCUT2D eigenvalue weighted by Crippen LogP contribution is -2.46. The van der Waals surface area contributed by atoms with E-state index in [1.807, 2.05) is 23.1 Å². The van der Waals surface area contributed by atoms with E-state index in [4.69, 9.17) is 0 Å². The highest BCUT2D eigenvalue weighted by Gasteiger charge is 2.27. The standard InChI is InChI=1S/C18H21N5OS/c24-18(19-15-7-3-8-16-17(15)21-22-20-16)23-11-2-1-5-13(23)9-10-14-6-4-12-25-14/h3-4,6-8,12-13H,1-2,5,9-11H2,(H,19,24)(H,20,21,22). The molecule has 1 atom stereocenters. The number of aryl methyl sites for hydroxylation is 1. The van der Waals surface area contributed by atoms with Crippen LogP contribution >= 0.6 is 11.3 Å². The SMILES string of the molecule is O=C(Nc1cccc2n[nH]nc12)N1CCCCC1CCc1cccs1. The Bertz CT molecular complexity index is 844. The molecule has 0 spiro atoms. The van der Waals surface area contributed by atoms with Gasteiger partial charge in [-0.15, -0.1) is 11.3 Å². The molecule has 2 N–H and O–H groups in total. The van der Waals surface area contributed by atoms with Gasteiger partial charge in [-0.1, -0.05) is 12.1 Å². The fraction of sp³-hybridized carbons (Fsp3) is 0.389. The summed E-state index contributed by atoms with van der Waals surface area (Å²) in [5.41, 5.74) is 2.16. The summed E-state index contributed by atoms with van der Waals surface area (Å²) in [6.45, 7) is 0.815. The van der Waals surface area contributed by atoms with Gasteiger partial charge in [0.1, 0.15) is 11.0 Å². The number of nitrogens with zero attached hydrogens (tertiary/aromatic N) is 3. The van der Waals surface area contributed by atoms with Gasteiger partial charge in [-0.3, -0.25) is 0 Å². The number of hydrogen-bond acceptors (Lipinski definition) is 4. The molecule has 1 aliphatic heterocycles. The predicted molar refractivity (Wildman–Crippen MR) is 99.9 cm³/mol. The van der Waals surface area contributed by atoms with Crippen LogP contribution in [0.3, 0.4) is 0 Å². The Balaban J connectivity index is 1.46. The maximum absolute atomic E-state index is 12.9. The Morgan fingerprint density at radius 3 is 3.12 bits per heavy atom. The highest BCUT2D eigenvalue weighted by molar-refractivity contribution is 7.09. The van der Waals surface area contributed by atoms with E-state index in [2.05, 4.69) is 38.2 Å². The highest BCUT2D eigenvalue weighted by Crippen LogP contribution is 2.25. The molecule has 25 heavy (non-hydrogen) atoms. The summed E-state index contributed by atoms with van der Waals surface area (Å²) in [5, 5.41) is 16.0. The molecule has 6 nitrogen and oxygen atoms in total. The lowest BCUT2D eigenvalue weighted by molar-refractivity contribution is 0.158. The van der Waals surface area contributed by atoms with Crippen LogP contribution in [-0.2, 0) is 6.42 Å². The number of benzene rings is 1. The van der Waals surface area contributed by atoms with Gasteiger partial charge in [-0.2, -0.15) is 15.4 Å². The molecule has 0 saturated carbocycles. The molecule has 0 bridgehead atoms. The molecule has 130 valence electrons. The first-order valence-electron chi connectivity index (χ1n) is 8.71. The monoisotopic (exact) mass is 355 g/mol. The molecule has 3 aromatic rings. The molecule has 0 aliphatic carbocycles. The van der Waals surface area contributed by atoms with E-state index in [9.17, 15) is 4.79 Å². The number of nitrogens with one attached hydrogen (secondary N) is 2. The molecule has 1 fully saturated rings. The number of carbonyl (C=O) groups is 1. The molecule has 7 heteroatoms. The van der Waals surface area contributed by atoms with Crippen molar-refractivity contribution in [3.8, 4) is 0 Å². The van der Waals surface area contributed by atoms with E-state index >= 15 is 0 Å². The number of anilines is 1. The summed E-state index contributed by atoms with van der Waals surface area (Å²) in [5.74, 6) is 0. The van der Waals surface area contributed by atoms with Gasteiger partial charge in [0.05, 0.1) is 5.69 Å². The number of amides is 2. The number of rotatable bonds is 4. The van der Waals surface area contributed by atoms with Gasteiger partial charge in [-0.05, 0) is 55.7 Å². The predicted octanol–water partition coefficient (Wildman–Crippen LogP) is 4.04. The summed E-state index contributed by atoms with van der Waals surface area (Å²) >= 11 is 1.79. The van der Waals surface area contributed by atoms with Gasteiger partial charge in [0.25, 0.3) is 0 Å². The summed E-state index contributed by atoms with van der Waals surface area (Å²) in [4.78, 5) is 16.2. The molecule has 1 aliphatic rings. The zero-order chi connectivity index (χ0) is 17.1. The lowest BCUT2D eigenvalue weighted by Gasteiger charge is -2.35. The Labute approximate surface area is 150 Å². The first-order chi connectivity index (χ1) is 12.3. The van der Waals surface area contributed by atoms with Crippen molar-refractivity contribution in [2.75, 3.05) is 11.9 Å². The number of urea groups is 1. The summed E-state index contributed by atoms with van der Waals surface area (Å²) in [6.07, 6.45) is 5.38. The maximum Gasteiger partial charge on any atom is 0.322 e. The van der Waals surface area contributed by atoms with E-state index in [0.29, 0.717) is 17.2 Å². The molecule has 2 amide bonds. The van der Waals surface area contributed by atoms with Crippen molar-refractivity contribution < 1.29 is 4.79 Å². The number of aromatic nitrogens is 3. The zero-order valence-corrected chi connectivity index (χ0v) is 14.8. The first kappa shape index (κ1) is 16.1. The van der Waals surface area contributed by atoms with E-state index in [-0.39, 0.29) is 6.03 Å². The fourth-order valence-electron chi connectivity index (χ4n) is 3.49. The van der Waals surface area contributed by atoms with Crippen LogP contribution in [0.25, 0.3) is 11.0 Å².